The van der Waals surface area contributed by atoms with Crippen molar-refractivity contribution in [2.24, 2.45) is 0 Å². The van der Waals surface area contributed by atoms with Gasteiger partial charge in [0, 0.05) is 22.5 Å². The minimum absolute atomic E-state index is 0.0125. The van der Waals surface area contributed by atoms with Gasteiger partial charge < -0.3 is 4.90 Å². The van der Waals surface area contributed by atoms with Crippen LogP contribution in [0, 0.1) is 6.92 Å². The van der Waals surface area contributed by atoms with Crippen LogP contribution in [0.1, 0.15) is 83.2 Å². The van der Waals surface area contributed by atoms with Crippen LogP contribution in [0.25, 0.3) is 16.7 Å². The van der Waals surface area contributed by atoms with Crippen molar-refractivity contribution in [3.05, 3.63) is 130 Å². The summed E-state index contributed by atoms with van der Waals surface area (Å²) in [6.07, 6.45) is 6.43. The van der Waals surface area contributed by atoms with Gasteiger partial charge in [0.05, 0.1) is 0 Å². The molecular formula is C40H47N. The van der Waals surface area contributed by atoms with Crippen molar-refractivity contribution >= 4 is 22.6 Å². The molecule has 0 saturated heterocycles. The van der Waals surface area contributed by atoms with Gasteiger partial charge in [0.1, 0.15) is 0 Å². The van der Waals surface area contributed by atoms with E-state index in [0.29, 0.717) is 0 Å². The molecule has 0 amide bonds. The number of anilines is 3. The number of hydrogen-bond donors (Lipinski definition) is 0. The predicted octanol–water partition coefficient (Wildman–Crippen LogP) is 11.9. The Morgan fingerprint density at radius 1 is 0.659 bits per heavy atom. The maximum Gasteiger partial charge on any atom is 0.0465 e. The number of rotatable bonds is 7. The number of fused-ring (bicyclic) bond motifs is 1. The zero-order valence-electron chi connectivity index (χ0n) is 26.6. The molecule has 0 atom stereocenters. The summed E-state index contributed by atoms with van der Waals surface area (Å²) in [6, 6.07) is 31.8. The molecule has 0 heterocycles. The van der Waals surface area contributed by atoms with Crippen LogP contribution in [0.5, 0.6) is 0 Å². The van der Waals surface area contributed by atoms with E-state index in [-0.39, 0.29) is 5.41 Å². The van der Waals surface area contributed by atoms with Crippen LogP contribution in [-0.2, 0) is 18.3 Å². The van der Waals surface area contributed by atoms with E-state index in [1.54, 1.807) is 0 Å². The minimum atomic E-state index is -0.0125. The molecule has 1 aliphatic rings. The first kappa shape index (κ1) is 30.1. The lowest BCUT2D eigenvalue weighted by molar-refractivity contribution is 0.639. The van der Waals surface area contributed by atoms with Crippen LogP contribution in [0.2, 0.25) is 0 Å². The summed E-state index contributed by atoms with van der Waals surface area (Å²) in [5.41, 5.74) is 15.8. The quantitative estimate of drug-likeness (QED) is 0.225. The van der Waals surface area contributed by atoms with Crippen LogP contribution < -0.4 is 4.90 Å². The SMILES string of the molecule is C/C=C\C1=C(C)C(C)(C)c2cc(N(c3ccc(C)cc3)c3ccc(-c4ccccc4CC)c(CC)c3)ccc21.CC. The van der Waals surface area contributed by atoms with Gasteiger partial charge in [-0.15, -0.1) is 0 Å². The smallest absolute Gasteiger partial charge is 0.0465 e. The van der Waals surface area contributed by atoms with Gasteiger partial charge >= 0.3 is 0 Å². The standard InChI is InChI=1S/C38H41N.C2H6/c1-8-13-33-27(5)38(6,7)37-25-32(21-23-36(33)37)39(30-18-16-26(4)17-19-30)31-20-22-35(29(10-3)24-31)34-15-12-11-14-28(34)9-2;1-2/h8,11-25H,9-10H2,1-7H3;1-2H3/b13-8-;. The lowest BCUT2D eigenvalue weighted by atomic mass is 9.82. The fourth-order valence-electron chi connectivity index (χ4n) is 6.05. The summed E-state index contributed by atoms with van der Waals surface area (Å²) >= 11 is 0. The van der Waals surface area contributed by atoms with E-state index >= 15 is 0 Å². The van der Waals surface area contributed by atoms with E-state index in [1.807, 2.05) is 13.8 Å². The van der Waals surface area contributed by atoms with Crippen molar-refractivity contribution in [1.82, 2.24) is 0 Å². The van der Waals surface area contributed by atoms with Gasteiger partial charge in [0.2, 0.25) is 0 Å². The molecule has 1 aliphatic carbocycles. The van der Waals surface area contributed by atoms with E-state index in [9.17, 15) is 0 Å². The highest BCUT2D eigenvalue weighted by Crippen LogP contribution is 2.49. The molecular weight excluding hydrogens is 494 g/mol. The maximum absolute atomic E-state index is 2.42. The van der Waals surface area contributed by atoms with Crippen molar-refractivity contribution in [3.8, 4) is 11.1 Å². The molecule has 0 N–H and O–H groups in total. The van der Waals surface area contributed by atoms with E-state index in [0.717, 1.165) is 12.8 Å². The highest BCUT2D eigenvalue weighted by Gasteiger charge is 2.35. The zero-order chi connectivity index (χ0) is 29.7. The molecule has 0 fully saturated rings. The third kappa shape index (κ3) is 5.68. The van der Waals surface area contributed by atoms with Crippen LogP contribution in [0.15, 0.2) is 103 Å². The molecule has 4 aromatic rings. The lowest BCUT2D eigenvalue weighted by Crippen LogP contribution is -2.17. The normalized spacial score (nSPS) is 13.7. The molecule has 1 heteroatoms. The van der Waals surface area contributed by atoms with Gasteiger partial charge in [-0.25, -0.2) is 0 Å². The Bertz CT molecular complexity index is 1560. The Morgan fingerprint density at radius 2 is 1.22 bits per heavy atom. The Morgan fingerprint density at radius 3 is 1.85 bits per heavy atom. The highest BCUT2D eigenvalue weighted by molar-refractivity contribution is 5.88. The third-order valence-electron chi connectivity index (χ3n) is 8.61. The Kier molecular flexibility index (Phi) is 9.38. The largest absolute Gasteiger partial charge is 0.310 e. The van der Waals surface area contributed by atoms with Gasteiger partial charge in [-0.3, -0.25) is 0 Å². The van der Waals surface area contributed by atoms with Gasteiger partial charge in [-0.2, -0.15) is 0 Å². The Hall–Kier alpha value is -3.84. The van der Waals surface area contributed by atoms with Gasteiger partial charge in [0.25, 0.3) is 0 Å². The number of aryl methyl sites for hydroxylation is 3. The summed E-state index contributed by atoms with van der Waals surface area (Å²) in [4.78, 5) is 2.42. The van der Waals surface area contributed by atoms with E-state index in [4.69, 9.17) is 0 Å². The van der Waals surface area contributed by atoms with Crippen LogP contribution in [0.4, 0.5) is 17.1 Å². The third-order valence-corrected chi connectivity index (χ3v) is 8.61. The molecule has 0 aromatic heterocycles. The zero-order valence-corrected chi connectivity index (χ0v) is 26.6. The summed E-state index contributed by atoms with van der Waals surface area (Å²) in [5, 5.41) is 0. The second-order valence-electron chi connectivity index (χ2n) is 11.3. The van der Waals surface area contributed by atoms with Crippen LogP contribution in [-0.4, -0.2) is 0 Å². The first-order chi connectivity index (χ1) is 19.8. The number of hydrogen-bond acceptors (Lipinski definition) is 1. The van der Waals surface area contributed by atoms with Crippen LogP contribution >= 0.6 is 0 Å². The summed E-state index contributed by atoms with van der Waals surface area (Å²) in [5.74, 6) is 0. The van der Waals surface area contributed by atoms with Crippen molar-refractivity contribution in [3.63, 3.8) is 0 Å². The average Bonchev–Trinajstić information content (AvgIpc) is 3.19. The predicted molar refractivity (Wildman–Crippen MR) is 182 cm³/mol. The molecule has 41 heavy (non-hydrogen) atoms. The molecule has 0 aliphatic heterocycles. The maximum atomic E-state index is 2.42. The number of benzene rings is 4. The van der Waals surface area contributed by atoms with Crippen molar-refractivity contribution < 1.29 is 0 Å². The summed E-state index contributed by atoms with van der Waals surface area (Å²) < 4.78 is 0. The summed E-state index contributed by atoms with van der Waals surface area (Å²) in [6.45, 7) is 19.8. The van der Waals surface area contributed by atoms with Gasteiger partial charge in [0.15, 0.2) is 0 Å². The highest BCUT2D eigenvalue weighted by atomic mass is 15.1. The molecule has 212 valence electrons. The summed E-state index contributed by atoms with van der Waals surface area (Å²) in [7, 11) is 0. The minimum Gasteiger partial charge on any atom is -0.310 e. The molecule has 0 spiro atoms. The van der Waals surface area contributed by atoms with Gasteiger partial charge in [-0.05, 0) is 109 Å². The molecule has 4 aromatic carbocycles. The molecule has 0 bridgehead atoms. The number of allylic oxidation sites excluding steroid dienone is 4. The van der Waals surface area contributed by atoms with E-state index in [1.165, 1.54) is 67.2 Å². The van der Waals surface area contributed by atoms with Crippen LogP contribution in [0.3, 0.4) is 0 Å². The monoisotopic (exact) mass is 541 g/mol. The molecule has 0 saturated carbocycles. The van der Waals surface area contributed by atoms with E-state index in [2.05, 4.69) is 150 Å². The second kappa shape index (κ2) is 12.8. The Labute approximate surface area is 249 Å². The van der Waals surface area contributed by atoms with Crippen molar-refractivity contribution in [2.45, 2.75) is 80.6 Å². The fraction of sp³-hybridized carbons (Fsp3) is 0.300. The van der Waals surface area contributed by atoms with Gasteiger partial charge in [-0.1, -0.05) is 113 Å². The fourth-order valence-corrected chi connectivity index (χ4v) is 6.05. The lowest BCUT2D eigenvalue weighted by Gasteiger charge is -2.29. The molecule has 5 rings (SSSR count). The first-order valence-corrected chi connectivity index (χ1v) is 15.4. The Balaban J connectivity index is 0.00000189. The topological polar surface area (TPSA) is 3.24 Å². The van der Waals surface area contributed by atoms with E-state index < -0.39 is 0 Å². The molecule has 1 nitrogen and oxygen atoms in total. The van der Waals surface area contributed by atoms with Crippen molar-refractivity contribution in [2.75, 3.05) is 4.90 Å². The second-order valence-corrected chi connectivity index (χ2v) is 11.3. The number of nitrogens with zero attached hydrogens (tertiary/aromatic N) is 1. The molecule has 0 unspecified atom stereocenters. The first-order valence-electron chi connectivity index (χ1n) is 15.4. The average molecular weight is 542 g/mol. The molecule has 0 radical (unpaired) electrons. The van der Waals surface area contributed by atoms with Crippen molar-refractivity contribution in [1.29, 1.82) is 0 Å².